The number of benzene rings is 2. The van der Waals surface area contributed by atoms with Gasteiger partial charge in [-0.1, -0.05) is 41.6 Å². The zero-order valence-corrected chi connectivity index (χ0v) is 21.6. The summed E-state index contributed by atoms with van der Waals surface area (Å²) in [4.78, 5) is 4.63. The molecular formula is C27H29N3O4S. The van der Waals surface area contributed by atoms with Gasteiger partial charge in [-0.2, -0.15) is 0 Å². The third-order valence-electron chi connectivity index (χ3n) is 6.13. The molecule has 182 valence electrons. The highest BCUT2D eigenvalue weighted by atomic mass is 32.2. The number of hydrogen-bond donors (Lipinski definition) is 1. The predicted octanol–water partition coefficient (Wildman–Crippen LogP) is 5.97. The molecule has 0 bridgehead atoms. The lowest BCUT2D eigenvalue weighted by Gasteiger charge is -2.15. The number of nitrogens with zero attached hydrogens (tertiary/aromatic N) is 2. The highest BCUT2D eigenvalue weighted by Crippen LogP contribution is 2.32. The molecule has 1 N–H and O–H groups in total. The van der Waals surface area contributed by atoms with Crippen LogP contribution in [-0.4, -0.2) is 18.6 Å². The number of sulfonamides is 1. The standard InChI is InChI=1S/C27H29N3O4S/c1-16-13-22(15-33-25-14-17(2)28-20(5)18(25)3)11-12-23(16)24-9-7-8-10-26(24)35(31,32)30-27-19(4)21(6)29-34-27/h7-14,30H,15H2,1-6H3. The number of nitrogens with one attached hydrogen (secondary N) is 1. The zero-order valence-electron chi connectivity index (χ0n) is 20.8. The Hall–Kier alpha value is -3.65. The Kier molecular flexibility index (Phi) is 6.67. The summed E-state index contributed by atoms with van der Waals surface area (Å²) >= 11 is 0. The van der Waals surface area contributed by atoms with Gasteiger partial charge in [0.05, 0.1) is 10.6 Å². The molecule has 2 heterocycles. The number of anilines is 1. The number of ether oxygens (including phenoxy) is 1. The second-order valence-electron chi connectivity index (χ2n) is 8.73. The predicted molar refractivity (Wildman–Crippen MR) is 136 cm³/mol. The lowest BCUT2D eigenvalue weighted by Crippen LogP contribution is -2.14. The fraction of sp³-hybridized carbons (Fsp3) is 0.259. The van der Waals surface area contributed by atoms with E-state index in [1.165, 1.54) is 0 Å². The average Bonchev–Trinajstić information content (AvgIpc) is 3.12. The molecule has 0 unspecified atom stereocenters. The van der Waals surface area contributed by atoms with E-state index in [-0.39, 0.29) is 10.8 Å². The summed E-state index contributed by atoms with van der Waals surface area (Å²) in [7, 11) is -3.90. The van der Waals surface area contributed by atoms with Crippen molar-refractivity contribution in [2.24, 2.45) is 0 Å². The molecule has 0 saturated carbocycles. The Morgan fingerprint density at radius 1 is 0.886 bits per heavy atom. The Balaban J connectivity index is 1.62. The summed E-state index contributed by atoms with van der Waals surface area (Å²) < 4.78 is 40.3. The van der Waals surface area contributed by atoms with E-state index in [0.717, 1.165) is 39.4 Å². The maximum absolute atomic E-state index is 13.3. The van der Waals surface area contributed by atoms with E-state index >= 15 is 0 Å². The SMILES string of the molecule is Cc1cc(OCc2ccc(-c3ccccc3S(=O)(=O)Nc3onc(C)c3C)c(C)c2)c(C)c(C)n1. The summed E-state index contributed by atoms with van der Waals surface area (Å²) in [6, 6.07) is 14.8. The lowest BCUT2D eigenvalue weighted by atomic mass is 9.98. The molecule has 4 aromatic rings. The monoisotopic (exact) mass is 491 g/mol. The molecule has 8 heteroatoms. The van der Waals surface area contributed by atoms with Crippen molar-refractivity contribution in [3.05, 3.63) is 87.9 Å². The van der Waals surface area contributed by atoms with E-state index in [4.69, 9.17) is 9.26 Å². The van der Waals surface area contributed by atoms with Gasteiger partial charge in [-0.3, -0.25) is 4.98 Å². The first-order chi connectivity index (χ1) is 16.6. The maximum Gasteiger partial charge on any atom is 0.264 e. The van der Waals surface area contributed by atoms with Crippen molar-refractivity contribution in [1.29, 1.82) is 0 Å². The van der Waals surface area contributed by atoms with Gasteiger partial charge in [-0.05, 0) is 64.3 Å². The fourth-order valence-electron chi connectivity index (χ4n) is 3.90. The molecule has 0 radical (unpaired) electrons. The van der Waals surface area contributed by atoms with Crippen LogP contribution in [0.25, 0.3) is 11.1 Å². The molecule has 0 spiro atoms. The van der Waals surface area contributed by atoms with Crippen molar-refractivity contribution in [1.82, 2.24) is 10.1 Å². The van der Waals surface area contributed by atoms with Gasteiger partial charge in [0.2, 0.25) is 5.88 Å². The Morgan fingerprint density at radius 2 is 1.63 bits per heavy atom. The molecule has 0 fully saturated rings. The Labute approximate surface area is 206 Å². The molecule has 0 aliphatic heterocycles. The third-order valence-corrected chi connectivity index (χ3v) is 7.52. The van der Waals surface area contributed by atoms with E-state index in [9.17, 15) is 8.42 Å². The third kappa shape index (κ3) is 5.07. The molecule has 0 amide bonds. The number of rotatable bonds is 7. The second-order valence-corrected chi connectivity index (χ2v) is 10.4. The summed E-state index contributed by atoms with van der Waals surface area (Å²) in [6.45, 7) is 11.8. The topological polar surface area (TPSA) is 94.3 Å². The molecule has 2 aromatic heterocycles. The highest BCUT2D eigenvalue weighted by molar-refractivity contribution is 7.92. The maximum atomic E-state index is 13.3. The molecule has 2 aromatic carbocycles. The van der Waals surface area contributed by atoms with Crippen LogP contribution in [0.1, 0.15) is 39.3 Å². The van der Waals surface area contributed by atoms with E-state index in [0.29, 0.717) is 23.4 Å². The summed E-state index contributed by atoms with van der Waals surface area (Å²) in [5.74, 6) is 0.940. The summed E-state index contributed by atoms with van der Waals surface area (Å²) in [5.41, 5.74) is 7.54. The van der Waals surface area contributed by atoms with Crippen molar-refractivity contribution in [3.63, 3.8) is 0 Å². The minimum Gasteiger partial charge on any atom is -0.488 e. The molecule has 7 nitrogen and oxygen atoms in total. The minimum absolute atomic E-state index is 0.124. The smallest absolute Gasteiger partial charge is 0.264 e. The molecule has 4 rings (SSSR count). The number of hydrogen-bond acceptors (Lipinski definition) is 6. The summed E-state index contributed by atoms with van der Waals surface area (Å²) in [5, 5.41) is 3.84. The van der Waals surface area contributed by atoms with Crippen LogP contribution in [0.15, 0.2) is 57.9 Å². The molecule has 0 saturated heterocycles. The molecule has 0 atom stereocenters. The van der Waals surface area contributed by atoms with Gasteiger partial charge in [0.1, 0.15) is 12.4 Å². The van der Waals surface area contributed by atoms with Crippen LogP contribution in [-0.2, 0) is 16.6 Å². The minimum atomic E-state index is -3.90. The Bertz CT molecular complexity index is 1510. The summed E-state index contributed by atoms with van der Waals surface area (Å²) in [6.07, 6.45) is 0. The fourth-order valence-corrected chi connectivity index (χ4v) is 5.17. The average molecular weight is 492 g/mol. The van der Waals surface area contributed by atoms with E-state index in [1.54, 1.807) is 32.0 Å². The highest BCUT2D eigenvalue weighted by Gasteiger charge is 2.23. The van der Waals surface area contributed by atoms with Gasteiger partial charge in [0, 0.05) is 34.1 Å². The first-order valence-electron chi connectivity index (χ1n) is 11.3. The van der Waals surface area contributed by atoms with E-state index < -0.39 is 10.0 Å². The van der Waals surface area contributed by atoms with Crippen molar-refractivity contribution < 1.29 is 17.7 Å². The van der Waals surface area contributed by atoms with Crippen molar-refractivity contribution in [3.8, 4) is 16.9 Å². The van der Waals surface area contributed by atoms with Gasteiger partial charge < -0.3 is 9.26 Å². The van der Waals surface area contributed by atoms with Gasteiger partial charge in [-0.25, -0.2) is 13.1 Å². The van der Waals surface area contributed by atoms with Crippen LogP contribution in [0.2, 0.25) is 0 Å². The number of aryl methyl sites for hydroxylation is 4. The number of aromatic nitrogens is 2. The van der Waals surface area contributed by atoms with Crippen LogP contribution in [0, 0.1) is 41.5 Å². The van der Waals surface area contributed by atoms with E-state index in [1.807, 2.05) is 58.0 Å². The van der Waals surface area contributed by atoms with Crippen LogP contribution in [0.4, 0.5) is 5.88 Å². The normalized spacial score (nSPS) is 11.5. The van der Waals surface area contributed by atoms with Crippen LogP contribution < -0.4 is 9.46 Å². The van der Waals surface area contributed by atoms with Gasteiger partial charge in [-0.15, -0.1) is 0 Å². The van der Waals surface area contributed by atoms with Crippen LogP contribution in [0.5, 0.6) is 5.75 Å². The van der Waals surface area contributed by atoms with Crippen LogP contribution in [0.3, 0.4) is 0 Å². The quantitative estimate of drug-likeness (QED) is 0.342. The first-order valence-corrected chi connectivity index (χ1v) is 12.8. The van der Waals surface area contributed by atoms with Crippen molar-refractivity contribution in [2.45, 2.75) is 53.0 Å². The van der Waals surface area contributed by atoms with E-state index in [2.05, 4.69) is 14.9 Å². The molecular weight excluding hydrogens is 462 g/mol. The van der Waals surface area contributed by atoms with Gasteiger partial charge in [0.25, 0.3) is 10.0 Å². The molecule has 35 heavy (non-hydrogen) atoms. The lowest BCUT2D eigenvalue weighted by molar-refractivity contribution is 0.303. The zero-order chi connectivity index (χ0) is 25.3. The number of pyridine rings is 1. The molecule has 0 aliphatic carbocycles. The second kappa shape index (κ2) is 9.54. The largest absolute Gasteiger partial charge is 0.488 e. The van der Waals surface area contributed by atoms with Gasteiger partial charge >= 0.3 is 0 Å². The van der Waals surface area contributed by atoms with Gasteiger partial charge in [0.15, 0.2) is 0 Å². The van der Waals surface area contributed by atoms with Crippen molar-refractivity contribution >= 4 is 15.9 Å². The van der Waals surface area contributed by atoms with Crippen molar-refractivity contribution in [2.75, 3.05) is 4.72 Å². The Morgan fingerprint density at radius 3 is 2.31 bits per heavy atom. The van der Waals surface area contributed by atoms with Crippen LogP contribution >= 0.6 is 0 Å². The molecule has 0 aliphatic rings. The first kappa shape index (κ1) is 24.5.